The smallest absolute Gasteiger partial charge is 0.270 e. The molecule has 0 fully saturated rings. The van der Waals surface area contributed by atoms with Crippen molar-refractivity contribution in [3.63, 3.8) is 0 Å². The van der Waals surface area contributed by atoms with Crippen molar-refractivity contribution in [2.75, 3.05) is 7.11 Å². The molecule has 0 aliphatic heterocycles. The molecule has 8 heteroatoms. The summed E-state index contributed by atoms with van der Waals surface area (Å²) in [4.78, 5) is 22.0. The van der Waals surface area contributed by atoms with Crippen molar-refractivity contribution in [1.29, 1.82) is 0 Å². The van der Waals surface area contributed by atoms with Crippen LogP contribution in [0.5, 0.6) is 5.75 Å². The maximum absolute atomic E-state index is 13.7. The van der Waals surface area contributed by atoms with Crippen molar-refractivity contribution in [3.8, 4) is 5.75 Å². The number of hydrogen-bond donors (Lipinski definition) is 1. The van der Waals surface area contributed by atoms with Crippen LogP contribution in [-0.2, 0) is 6.54 Å². The van der Waals surface area contributed by atoms with E-state index in [1.165, 1.54) is 7.11 Å². The summed E-state index contributed by atoms with van der Waals surface area (Å²) in [7, 11) is 1.46. The van der Waals surface area contributed by atoms with Gasteiger partial charge in [0.05, 0.1) is 22.6 Å². The monoisotopic (exact) mass is 338 g/mol. The molecule has 2 rings (SSSR count). The van der Waals surface area contributed by atoms with Crippen LogP contribution < -0.4 is 10.1 Å². The van der Waals surface area contributed by atoms with E-state index in [0.717, 1.165) is 18.2 Å². The number of rotatable bonds is 5. The molecule has 0 saturated heterocycles. The molecule has 2 aromatic rings. The van der Waals surface area contributed by atoms with E-state index in [-0.39, 0.29) is 17.8 Å². The Balaban J connectivity index is 2.14. The van der Waals surface area contributed by atoms with Gasteiger partial charge in [0, 0.05) is 18.7 Å². The van der Waals surface area contributed by atoms with E-state index in [0.29, 0.717) is 16.3 Å². The van der Waals surface area contributed by atoms with Crippen molar-refractivity contribution in [2.24, 2.45) is 0 Å². The van der Waals surface area contributed by atoms with E-state index in [2.05, 4.69) is 5.32 Å². The van der Waals surface area contributed by atoms with Gasteiger partial charge < -0.3 is 10.1 Å². The van der Waals surface area contributed by atoms with Gasteiger partial charge in [-0.25, -0.2) is 4.39 Å². The summed E-state index contributed by atoms with van der Waals surface area (Å²) < 4.78 is 18.7. The number of carbonyl (C=O) groups is 1. The van der Waals surface area contributed by atoms with Crippen molar-refractivity contribution >= 4 is 23.2 Å². The molecule has 1 amide bonds. The maximum atomic E-state index is 13.7. The summed E-state index contributed by atoms with van der Waals surface area (Å²) >= 11 is 5.90. The first-order chi connectivity index (χ1) is 10.9. The first-order valence-corrected chi connectivity index (χ1v) is 6.84. The molecule has 0 heterocycles. The molecular weight excluding hydrogens is 327 g/mol. The fourth-order valence-corrected chi connectivity index (χ4v) is 2.09. The second-order valence-corrected chi connectivity index (χ2v) is 4.98. The number of nitro benzene ring substituents is 1. The number of nitrogens with one attached hydrogen (secondary N) is 1. The van der Waals surface area contributed by atoms with Crippen molar-refractivity contribution < 1.29 is 18.8 Å². The maximum Gasteiger partial charge on any atom is 0.270 e. The second-order valence-electron chi connectivity index (χ2n) is 4.57. The van der Waals surface area contributed by atoms with Gasteiger partial charge in [0.1, 0.15) is 11.6 Å². The van der Waals surface area contributed by atoms with Crippen LogP contribution in [0, 0.1) is 15.9 Å². The number of benzene rings is 2. The van der Waals surface area contributed by atoms with E-state index < -0.39 is 16.6 Å². The third kappa shape index (κ3) is 3.95. The SMILES string of the molecule is COc1cc(CNC(=O)c2cc([N+](=O)[O-])ccc2F)ccc1Cl. The molecule has 0 aromatic heterocycles. The van der Waals surface area contributed by atoms with Gasteiger partial charge in [-0.3, -0.25) is 14.9 Å². The lowest BCUT2D eigenvalue weighted by atomic mass is 10.1. The summed E-state index contributed by atoms with van der Waals surface area (Å²) in [6.45, 7) is 0.0918. The molecule has 23 heavy (non-hydrogen) atoms. The standard InChI is InChI=1S/C15H12ClFN2O4/c1-23-14-6-9(2-4-12(14)16)8-18-15(20)11-7-10(19(21)22)3-5-13(11)17/h2-7H,8H2,1H3,(H,18,20). The van der Waals surface area contributed by atoms with Crippen LogP contribution in [0.4, 0.5) is 10.1 Å². The Labute approximate surface area is 136 Å². The molecule has 6 nitrogen and oxygen atoms in total. The lowest BCUT2D eigenvalue weighted by Gasteiger charge is -2.09. The predicted octanol–water partition coefficient (Wildman–Crippen LogP) is 3.33. The molecule has 0 unspecified atom stereocenters. The minimum Gasteiger partial charge on any atom is -0.495 e. The van der Waals surface area contributed by atoms with Crippen LogP contribution in [-0.4, -0.2) is 17.9 Å². The molecule has 1 N–H and O–H groups in total. The number of nitro groups is 1. The van der Waals surface area contributed by atoms with Gasteiger partial charge >= 0.3 is 0 Å². The lowest BCUT2D eigenvalue weighted by Crippen LogP contribution is -2.24. The third-order valence-electron chi connectivity index (χ3n) is 3.07. The van der Waals surface area contributed by atoms with Gasteiger partial charge in [0.25, 0.3) is 11.6 Å². The van der Waals surface area contributed by atoms with Gasteiger partial charge in [-0.1, -0.05) is 17.7 Å². The van der Waals surface area contributed by atoms with E-state index >= 15 is 0 Å². The van der Waals surface area contributed by atoms with E-state index in [1.54, 1.807) is 18.2 Å². The Hall–Kier alpha value is -2.67. The Morgan fingerprint density at radius 2 is 2.09 bits per heavy atom. The van der Waals surface area contributed by atoms with E-state index in [4.69, 9.17) is 16.3 Å². The van der Waals surface area contributed by atoms with Crippen LogP contribution in [0.15, 0.2) is 36.4 Å². The minimum absolute atomic E-state index is 0.0918. The fourth-order valence-electron chi connectivity index (χ4n) is 1.89. The van der Waals surface area contributed by atoms with Gasteiger partial charge in [-0.05, 0) is 23.8 Å². The second kappa shape index (κ2) is 7.06. The van der Waals surface area contributed by atoms with E-state index in [9.17, 15) is 19.3 Å². The number of nitrogens with zero attached hydrogens (tertiary/aromatic N) is 1. The lowest BCUT2D eigenvalue weighted by molar-refractivity contribution is -0.384. The largest absolute Gasteiger partial charge is 0.495 e. The Morgan fingerprint density at radius 3 is 2.74 bits per heavy atom. The van der Waals surface area contributed by atoms with Crippen LogP contribution in [0.2, 0.25) is 5.02 Å². The number of non-ortho nitro benzene ring substituents is 1. The zero-order valence-corrected chi connectivity index (χ0v) is 12.8. The number of hydrogen-bond acceptors (Lipinski definition) is 4. The molecule has 0 aliphatic rings. The number of carbonyl (C=O) groups excluding carboxylic acids is 1. The van der Waals surface area contributed by atoms with Crippen LogP contribution in [0.1, 0.15) is 15.9 Å². The molecule has 0 radical (unpaired) electrons. The molecular formula is C15H12ClFN2O4. The molecule has 0 spiro atoms. The van der Waals surface area contributed by atoms with Crippen molar-refractivity contribution in [2.45, 2.75) is 6.54 Å². The van der Waals surface area contributed by atoms with Crippen LogP contribution in [0.3, 0.4) is 0 Å². The highest BCUT2D eigenvalue weighted by Crippen LogP contribution is 2.25. The Bertz CT molecular complexity index is 767. The Morgan fingerprint density at radius 1 is 1.35 bits per heavy atom. The van der Waals surface area contributed by atoms with Crippen molar-refractivity contribution in [3.05, 3.63) is 68.5 Å². The molecule has 0 atom stereocenters. The number of amides is 1. The quantitative estimate of drug-likeness (QED) is 0.669. The fraction of sp³-hybridized carbons (Fsp3) is 0.133. The summed E-state index contributed by atoms with van der Waals surface area (Å²) in [5, 5.41) is 13.6. The van der Waals surface area contributed by atoms with Gasteiger partial charge in [0.2, 0.25) is 0 Å². The van der Waals surface area contributed by atoms with Gasteiger partial charge in [-0.2, -0.15) is 0 Å². The van der Waals surface area contributed by atoms with Crippen LogP contribution >= 0.6 is 11.6 Å². The summed E-state index contributed by atoms with van der Waals surface area (Å²) in [5.74, 6) is -1.14. The number of ether oxygens (including phenoxy) is 1. The number of methoxy groups -OCH3 is 1. The molecule has 0 saturated carbocycles. The average molecular weight is 339 g/mol. The third-order valence-corrected chi connectivity index (χ3v) is 3.39. The average Bonchev–Trinajstić information content (AvgIpc) is 2.53. The first kappa shape index (κ1) is 16.7. The molecule has 2 aromatic carbocycles. The Kier molecular flexibility index (Phi) is 5.13. The summed E-state index contributed by atoms with van der Waals surface area (Å²) in [5.41, 5.74) is -0.0599. The predicted molar refractivity (Wildman–Crippen MR) is 82.2 cm³/mol. The zero-order valence-electron chi connectivity index (χ0n) is 12.0. The van der Waals surface area contributed by atoms with Gasteiger partial charge in [0.15, 0.2) is 0 Å². The summed E-state index contributed by atoms with van der Waals surface area (Å²) in [6.07, 6.45) is 0. The number of halogens is 2. The summed E-state index contributed by atoms with van der Waals surface area (Å²) in [6, 6.07) is 7.69. The van der Waals surface area contributed by atoms with Crippen LogP contribution in [0.25, 0.3) is 0 Å². The molecule has 0 bridgehead atoms. The highest BCUT2D eigenvalue weighted by atomic mass is 35.5. The topological polar surface area (TPSA) is 81.5 Å². The minimum atomic E-state index is -0.832. The molecule has 0 aliphatic carbocycles. The first-order valence-electron chi connectivity index (χ1n) is 6.47. The highest BCUT2D eigenvalue weighted by molar-refractivity contribution is 6.32. The zero-order chi connectivity index (χ0) is 17.0. The van der Waals surface area contributed by atoms with E-state index in [1.807, 2.05) is 0 Å². The molecule has 120 valence electrons. The normalized spacial score (nSPS) is 10.2. The highest BCUT2D eigenvalue weighted by Gasteiger charge is 2.16. The van der Waals surface area contributed by atoms with Crippen molar-refractivity contribution in [1.82, 2.24) is 5.32 Å². The van der Waals surface area contributed by atoms with Gasteiger partial charge in [-0.15, -0.1) is 0 Å².